The normalized spacial score (nSPS) is 11.1. The van der Waals surface area contributed by atoms with E-state index < -0.39 is 5.97 Å². The lowest BCUT2D eigenvalue weighted by Gasteiger charge is -2.11. The molecule has 0 saturated carbocycles. The average Bonchev–Trinajstić information content (AvgIpc) is 2.97. The molecule has 0 fully saturated rings. The van der Waals surface area contributed by atoms with Crippen molar-refractivity contribution in [1.29, 1.82) is 5.26 Å². The highest BCUT2D eigenvalue weighted by Crippen LogP contribution is 2.25. The molecule has 0 spiro atoms. The summed E-state index contributed by atoms with van der Waals surface area (Å²) >= 11 is 0. The van der Waals surface area contributed by atoms with Crippen molar-refractivity contribution in [3.63, 3.8) is 0 Å². The predicted molar refractivity (Wildman–Crippen MR) is 107 cm³/mol. The van der Waals surface area contributed by atoms with E-state index in [4.69, 9.17) is 14.2 Å². The monoisotopic (exact) mass is 382 g/mol. The van der Waals surface area contributed by atoms with Crippen LogP contribution in [-0.2, 0) is 22.7 Å². The second-order valence-electron chi connectivity index (χ2n) is 6.40. The second-order valence-corrected chi connectivity index (χ2v) is 6.40. The fourth-order valence-electron chi connectivity index (χ4n) is 3.05. The summed E-state index contributed by atoms with van der Waals surface area (Å²) in [6, 6.07) is 9.16. The minimum atomic E-state index is -0.673. The lowest BCUT2D eigenvalue weighted by Crippen LogP contribution is -2.08. The van der Waals surface area contributed by atoms with Crippen molar-refractivity contribution in [3.8, 4) is 17.6 Å². The maximum atomic E-state index is 12.4. The van der Waals surface area contributed by atoms with Gasteiger partial charge in [-0.15, -0.1) is 0 Å². The van der Waals surface area contributed by atoms with Crippen LogP contribution in [0.3, 0.4) is 0 Å². The van der Waals surface area contributed by atoms with E-state index in [0.29, 0.717) is 17.1 Å². The molecule has 0 aliphatic heterocycles. The maximum Gasteiger partial charge on any atom is 0.349 e. The SMILES string of the molecule is CCCn1c(C)cc(/C=C(\C#N)C(=O)OCc2cc(OC)ccc2OC)c1C. The Balaban J connectivity index is 2.20. The summed E-state index contributed by atoms with van der Waals surface area (Å²) in [4.78, 5) is 12.4. The van der Waals surface area contributed by atoms with Gasteiger partial charge < -0.3 is 18.8 Å². The maximum absolute atomic E-state index is 12.4. The van der Waals surface area contributed by atoms with Gasteiger partial charge in [0.25, 0.3) is 0 Å². The zero-order valence-corrected chi connectivity index (χ0v) is 17.0. The molecular formula is C22H26N2O4. The summed E-state index contributed by atoms with van der Waals surface area (Å²) in [5, 5.41) is 9.44. The number of methoxy groups -OCH3 is 2. The molecule has 1 heterocycles. The van der Waals surface area contributed by atoms with Gasteiger partial charge in [-0.2, -0.15) is 5.26 Å². The molecule has 0 atom stereocenters. The van der Waals surface area contributed by atoms with E-state index in [2.05, 4.69) is 11.5 Å². The molecule has 0 saturated heterocycles. The van der Waals surface area contributed by atoms with Gasteiger partial charge in [0.15, 0.2) is 0 Å². The van der Waals surface area contributed by atoms with Crippen LogP contribution < -0.4 is 9.47 Å². The van der Waals surface area contributed by atoms with Crippen molar-refractivity contribution in [1.82, 2.24) is 4.57 Å². The van der Waals surface area contributed by atoms with Crippen LogP contribution in [-0.4, -0.2) is 24.8 Å². The minimum absolute atomic E-state index is 0.0208. The van der Waals surface area contributed by atoms with Crippen LogP contribution in [0.5, 0.6) is 11.5 Å². The number of aryl methyl sites for hydroxylation is 1. The van der Waals surface area contributed by atoms with E-state index in [-0.39, 0.29) is 12.2 Å². The van der Waals surface area contributed by atoms with E-state index >= 15 is 0 Å². The van der Waals surface area contributed by atoms with Gasteiger partial charge in [0.1, 0.15) is 29.7 Å². The fraction of sp³-hybridized carbons (Fsp3) is 0.364. The Morgan fingerprint density at radius 3 is 2.57 bits per heavy atom. The largest absolute Gasteiger partial charge is 0.497 e. The number of esters is 1. The molecule has 0 unspecified atom stereocenters. The summed E-state index contributed by atoms with van der Waals surface area (Å²) in [6.45, 7) is 6.98. The van der Waals surface area contributed by atoms with Crippen molar-refractivity contribution in [2.75, 3.05) is 14.2 Å². The van der Waals surface area contributed by atoms with Gasteiger partial charge in [0.2, 0.25) is 0 Å². The molecule has 6 heteroatoms. The number of hydrogen-bond acceptors (Lipinski definition) is 5. The van der Waals surface area contributed by atoms with Gasteiger partial charge in [-0.1, -0.05) is 6.92 Å². The van der Waals surface area contributed by atoms with E-state index in [0.717, 1.165) is 29.9 Å². The lowest BCUT2D eigenvalue weighted by atomic mass is 10.1. The molecule has 6 nitrogen and oxygen atoms in total. The van der Waals surface area contributed by atoms with Crippen molar-refractivity contribution in [2.45, 2.75) is 40.3 Å². The van der Waals surface area contributed by atoms with E-state index in [9.17, 15) is 10.1 Å². The molecule has 2 aromatic rings. The molecule has 0 radical (unpaired) electrons. The topological polar surface area (TPSA) is 73.5 Å². The Hall–Kier alpha value is -3.20. The first-order valence-corrected chi connectivity index (χ1v) is 9.11. The zero-order valence-electron chi connectivity index (χ0n) is 17.0. The third kappa shape index (κ3) is 4.74. The fourth-order valence-corrected chi connectivity index (χ4v) is 3.05. The Morgan fingerprint density at radius 2 is 1.96 bits per heavy atom. The first-order chi connectivity index (χ1) is 13.4. The predicted octanol–water partition coefficient (Wildman–Crippen LogP) is 4.18. The van der Waals surface area contributed by atoms with Gasteiger partial charge in [0.05, 0.1) is 14.2 Å². The molecule has 1 aromatic carbocycles. The lowest BCUT2D eigenvalue weighted by molar-refractivity contribution is -0.139. The molecule has 0 aliphatic rings. The molecule has 28 heavy (non-hydrogen) atoms. The zero-order chi connectivity index (χ0) is 20.7. The first-order valence-electron chi connectivity index (χ1n) is 9.11. The molecule has 0 amide bonds. The molecular weight excluding hydrogens is 356 g/mol. The number of hydrogen-bond donors (Lipinski definition) is 0. The van der Waals surface area contributed by atoms with Gasteiger partial charge in [0, 0.05) is 23.5 Å². The van der Waals surface area contributed by atoms with Crippen LogP contribution in [0, 0.1) is 25.2 Å². The van der Waals surface area contributed by atoms with Crippen LogP contribution in [0.25, 0.3) is 6.08 Å². The van der Waals surface area contributed by atoms with Crippen molar-refractivity contribution < 1.29 is 19.0 Å². The molecule has 0 bridgehead atoms. The smallest absolute Gasteiger partial charge is 0.349 e. The summed E-state index contributed by atoms with van der Waals surface area (Å²) in [7, 11) is 3.10. The number of carbonyl (C=O) groups is 1. The van der Waals surface area contributed by atoms with Crippen molar-refractivity contribution in [3.05, 3.63) is 52.4 Å². The van der Waals surface area contributed by atoms with Crippen LogP contribution in [0.1, 0.15) is 35.9 Å². The molecule has 0 aliphatic carbocycles. The number of carbonyl (C=O) groups excluding carboxylic acids is 1. The Bertz CT molecular complexity index is 919. The molecule has 1 aromatic heterocycles. The molecule has 2 rings (SSSR count). The highest BCUT2D eigenvalue weighted by molar-refractivity contribution is 5.98. The van der Waals surface area contributed by atoms with Gasteiger partial charge in [-0.25, -0.2) is 4.79 Å². The van der Waals surface area contributed by atoms with Gasteiger partial charge in [-0.05, 0) is 56.2 Å². The summed E-state index contributed by atoms with van der Waals surface area (Å²) in [5.74, 6) is 0.540. The number of benzene rings is 1. The highest BCUT2D eigenvalue weighted by Gasteiger charge is 2.15. The van der Waals surface area contributed by atoms with Crippen LogP contribution >= 0.6 is 0 Å². The summed E-state index contributed by atoms with van der Waals surface area (Å²) < 4.78 is 18.0. The number of nitrogens with zero attached hydrogens (tertiary/aromatic N) is 2. The van der Waals surface area contributed by atoms with Crippen LogP contribution in [0.15, 0.2) is 29.8 Å². The molecule has 148 valence electrons. The van der Waals surface area contributed by atoms with Crippen LogP contribution in [0.2, 0.25) is 0 Å². The standard InChI is InChI=1S/C22H26N2O4/c1-6-9-24-15(2)10-17(16(24)3)11-18(13-23)22(25)28-14-19-12-20(26-4)7-8-21(19)27-5/h7-8,10-12H,6,9,14H2,1-5H3/b18-11+. The van der Waals surface area contributed by atoms with Crippen molar-refractivity contribution >= 4 is 12.0 Å². The summed E-state index contributed by atoms with van der Waals surface area (Å²) in [6.07, 6.45) is 2.59. The summed E-state index contributed by atoms with van der Waals surface area (Å²) in [5.41, 5.74) is 3.58. The minimum Gasteiger partial charge on any atom is -0.497 e. The third-order valence-corrected chi connectivity index (χ3v) is 4.55. The second kappa shape index (κ2) is 9.65. The van der Waals surface area contributed by atoms with Gasteiger partial charge in [-0.3, -0.25) is 0 Å². The van der Waals surface area contributed by atoms with Gasteiger partial charge >= 0.3 is 5.97 Å². The highest BCUT2D eigenvalue weighted by atomic mass is 16.5. The van der Waals surface area contributed by atoms with E-state index in [1.807, 2.05) is 26.0 Å². The third-order valence-electron chi connectivity index (χ3n) is 4.55. The first kappa shape index (κ1) is 21.1. The number of rotatable bonds is 8. The quantitative estimate of drug-likeness (QED) is 0.389. The number of ether oxygens (including phenoxy) is 3. The van der Waals surface area contributed by atoms with Crippen molar-refractivity contribution in [2.24, 2.45) is 0 Å². The Kier molecular flexibility index (Phi) is 7.28. The average molecular weight is 382 g/mol. The Labute approximate surface area is 165 Å². The number of aromatic nitrogens is 1. The Morgan fingerprint density at radius 1 is 1.21 bits per heavy atom. The molecule has 0 N–H and O–H groups in total. The van der Waals surface area contributed by atoms with Crippen LogP contribution in [0.4, 0.5) is 0 Å². The van der Waals surface area contributed by atoms with E-state index in [1.165, 1.54) is 0 Å². The van der Waals surface area contributed by atoms with E-state index in [1.54, 1.807) is 38.5 Å². The number of nitriles is 1.